The lowest BCUT2D eigenvalue weighted by Crippen LogP contribution is -2.13. The average Bonchev–Trinajstić information content (AvgIpc) is 2.41. The van der Waals surface area contributed by atoms with E-state index in [1.165, 1.54) is 74.5 Å². The molecule has 0 bridgehead atoms. The van der Waals surface area contributed by atoms with Gasteiger partial charge < -0.3 is 0 Å². The van der Waals surface area contributed by atoms with Gasteiger partial charge in [-0.25, -0.2) is 0 Å². The molecule has 1 heteroatoms. The molecule has 0 aliphatic heterocycles. The quantitative estimate of drug-likeness (QED) is 0.579. The molecule has 1 aliphatic rings. The predicted molar refractivity (Wildman–Crippen MR) is 92.5 cm³/mol. The summed E-state index contributed by atoms with van der Waals surface area (Å²) in [6, 6.07) is 4.71. The number of rotatable bonds is 2. The van der Waals surface area contributed by atoms with Crippen molar-refractivity contribution in [1.29, 1.82) is 0 Å². The molecule has 0 aromatic heterocycles. The van der Waals surface area contributed by atoms with E-state index in [2.05, 4.69) is 32.9 Å². The van der Waals surface area contributed by atoms with Crippen molar-refractivity contribution in [3.8, 4) is 0 Å². The Kier molecular flexibility index (Phi) is 6.56. The van der Waals surface area contributed by atoms with Crippen LogP contribution in [0.1, 0.15) is 74.5 Å². The molecule has 1 saturated carbocycles. The first-order chi connectivity index (χ1) is 9.66. The minimum Gasteiger partial charge on any atom is -0.0557 e. The SMILES string of the molecule is Cc1cc(C)c([P]C2CCCCCCCCC2)c(C)c1. The van der Waals surface area contributed by atoms with Gasteiger partial charge in [-0.1, -0.05) is 62.6 Å². The molecular weight excluding hydrogens is 259 g/mol. The van der Waals surface area contributed by atoms with Crippen molar-refractivity contribution in [3.63, 3.8) is 0 Å². The Labute approximate surface area is 127 Å². The minimum atomic E-state index is 0.896. The first-order valence-corrected chi connectivity index (χ1v) is 9.42. The van der Waals surface area contributed by atoms with Crippen LogP contribution in [0.3, 0.4) is 0 Å². The van der Waals surface area contributed by atoms with Gasteiger partial charge in [0.25, 0.3) is 0 Å². The molecule has 1 aromatic rings. The van der Waals surface area contributed by atoms with E-state index in [4.69, 9.17) is 0 Å². The largest absolute Gasteiger partial charge is 0.0557 e. The Bertz CT molecular complexity index is 389. The number of aryl methyl sites for hydroxylation is 3. The summed E-state index contributed by atoms with van der Waals surface area (Å²) in [5.74, 6) is 0. The molecule has 0 atom stereocenters. The van der Waals surface area contributed by atoms with Crippen molar-refractivity contribution >= 4 is 13.9 Å². The molecule has 0 spiro atoms. The second kappa shape index (κ2) is 8.18. The van der Waals surface area contributed by atoms with E-state index in [1.54, 1.807) is 13.9 Å². The Balaban J connectivity index is 2.02. The zero-order chi connectivity index (χ0) is 14.4. The van der Waals surface area contributed by atoms with Crippen LogP contribution in [0.2, 0.25) is 0 Å². The molecule has 111 valence electrons. The van der Waals surface area contributed by atoms with Crippen LogP contribution in [0.4, 0.5) is 0 Å². The second-order valence-electron chi connectivity index (χ2n) is 6.58. The van der Waals surface area contributed by atoms with Crippen LogP contribution in [0, 0.1) is 20.8 Å². The third-order valence-electron chi connectivity index (χ3n) is 4.52. The van der Waals surface area contributed by atoms with Crippen LogP contribution in [0.25, 0.3) is 0 Å². The molecule has 2 rings (SSSR count). The normalized spacial score (nSPS) is 19.6. The minimum absolute atomic E-state index is 0.896. The molecule has 20 heavy (non-hydrogen) atoms. The van der Waals surface area contributed by atoms with Crippen LogP contribution < -0.4 is 5.30 Å². The van der Waals surface area contributed by atoms with Crippen LogP contribution in [0.5, 0.6) is 0 Å². The standard InChI is InChI=1S/C19H30P/c1-15-13-16(2)19(17(3)14-15)20-18-11-9-7-5-4-6-8-10-12-18/h13-14,18H,4-12H2,1-3H3. The highest BCUT2D eigenvalue weighted by atomic mass is 31.1. The molecule has 0 heterocycles. The topological polar surface area (TPSA) is 0 Å². The van der Waals surface area contributed by atoms with Gasteiger partial charge >= 0.3 is 0 Å². The molecule has 1 fully saturated rings. The van der Waals surface area contributed by atoms with E-state index < -0.39 is 0 Å². The molecule has 0 N–H and O–H groups in total. The fourth-order valence-corrected chi connectivity index (χ4v) is 5.00. The zero-order valence-electron chi connectivity index (χ0n) is 13.5. The van der Waals surface area contributed by atoms with Gasteiger partial charge in [0, 0.05) is 0 Å². The number of benzene rings is 1. The van der Waals surface area contributed by atoms with Gasteiger partial charge in [-0.05, 0) is 64.3 Å². The molecule has 1 aliphatic carbocycles. The first-order valence-electron chi connectivity index (χ1n) is 8.45. The van der Waals surface area contributed by atoms with E-state index in [-0.39, 0.29) is 0 Å². The van der Waals surface area contributed by atoms with Crippen molar-refractivity contribution in [1.82, 2.24) is 0 Å². The lowest BCUT2D eigenvalue weighted by Gasteiger charge is -2.20. The smallest absolute Gasteiger partial charge is 0.0127 e. The molecule has 0 amide bonds. The van der Waals surface area contributed by atoms with Crippen molar-refractivity contribution in [2.75, 3.05) is 0 Å². The van der Waals surface area contributed by atoms with Crippen LogP contribution in [0.15, 0.2) is 12.1 Å². The highest BCUT2D eigenvalue weighted by Gasteiger charge is 2.14. The van der Waals surface area contributed by atoms with Crippen LogP contribution in [-0.2, 0) is 0 Å². The fraction of sp³-hybridized carbons (Fsp3) is 0.684. The lowest BCUT2D eigenvalue weighted by atomic mass is 10.0. The predicted octanol–water partition coefficient (Wildman–Crippen LogP) is 6.08. The third kappa shape index (κ3) is 4.88. The van der Waals surface area contributed by atoms with Gasteiger partial charge in [0.1, 0.15) is 0 Å². The van der Waals surface area contributed by atoms with Gasteiger partial charge in [0.15, 0.2) is 0 Å². The van der Waals surface area contributed by atoms with Crippen LogP contribution in [-0.4, -0.2) is 5.66 Å². The van der Waals surface area contributed by atoms with Gasteiger partial charge in [-0.2, -0.15) is 0 Å². The van der Waals surface area contributed by atoms with Crippen molar-refractivity contribution in [2.45, 2.75) is 84.2 Å². The average molecular weight is 289 g/mol. The summed E-state index contributed by atoms with van der Waals surface area (Å²) >= 11 is 0. The zero-order valence-corrected chi connectivity index (χ0v) is 14.4. The Morgan fingerprint density at radius 2 is 1.20 bits per heavy atom. The highest BCUT2D eigenvalue weighted by molar-refractivity contribution is 7.48. The molecule has 0 unspecified atom stereocenters. The molecule has 0 saturated heterocycles. The summed E-state index contributed by atoms with van der Waals surface area (Å²) < 4.78 is 0. The Morgan fingerprint density at radius 3 is 1.70 bits per heavy atom. The number of hydrogen-bond acceptors (Lipinski definition) is 0. The van der Waals surface area contributed by atoms with Crippen LogP contribution >= 0.6 is 8.58 Å². The summed E-state index contributed by atoms with van der Waals surface area (Å²) in [4.78, 5) is 0. The van der Waals surface area contributed by atoms with Gasteiger partial charge in [-0.3, -0.25) is 0 Å². The van der Waals surface area contributed by atoms with E-state index in [0.717, 1.165) is 5.66 Å². The maximum atomic E-state index is 2.36. The summed E-state index contributed by atoms with van der Waals surface area (Å²) in [5, 5.41) is 1.61. The first kappa shape index (κ1) is 16.0. The summed E-state index contributed by atoms with van der Waals surface area (Å²) in [5.41, 5.74) is 5.31. The molecule has 1 aromatic carbocycles. The lowest BCUT2D eigenvalue weighted by molar-refractivity contribution is 0.510. The second-order valence-corrected chi connectivity index (χ2v) is 8.02. The van der Waals surface area contributed by atoms with E-state index in [0.29, 0.717) is 0 Å². The Hall–Kier alpha value is -0.350. The van der Waals surface area contributed by atoms with E-state index in [1.807, 2.05) is 0 Å². The molecule has 1 radical (unpaired) electrons. The van der Waals surface area contributed by atoms with Gasteiger partial charge in [-0.15, -0.1) is 0 Å². The maximum Gasteiger partial charge on any atom is -0.0127 e. The monoisotopic (exact) mass is 289 g/mol. The van der Waals surface area contributed by atoms with Crippen molar-refractivity contribution in [2.24, 2.45) is 0 Å². The highest BCUT2D eigenvalue weighted by Crippen LogP contribution is 2.32. The molecular formula is C19H30P. The van der Waals surface area contributed by atoms with Gasteiger partial charge in [0.05, 0.1) is 0 Å². The number of hydrogen-bond donors (Lipinski definition) is 0. The molecule has 0 nitrogen and oxygen atoms in total. The Morgan fingerprint density at radius 1 is 0.750 bits per heavy atom. The van der Waals surface area contributed by atoms with Gasteiger partial charge in [0.2, 0.25) is 0 Å². The fourth-order valence-electron chi connectivity index (χ4n) is 3.48. The van der Waals surface area contributed by atoms with Crippen molar-refractivity contribution in [3.05, 3.63) is 28.8 Å². The maximum absolute atomic E-state index is 2.36. The van der Waals surface area contributed by atoms with Crippen molar-refractivity contribution < 1.29 is 0 Å². The third-order valence-corrected chi connectivity index (χ3v) is 6.37. The van der Waals surface area contributed by atoms with E-state index in [9.17, 15) is 0 Å². The summed E-state index contributed by atoms with van der Waals surface area (Å²) in [6.45, 7) is 6.80. The van der Waals surface area contributed by atoms with E-state index >= 15 is 0 Å². The summed E-state index contributed by atoms with van der Waals surface area (Å²) in [6.07, 6.45) is 13.1. The summed E-state index contributed by atoms with van der Waals surface area (Å²) in [7, 11) is 1.60.